The molecule has 0 bridgehead atoms. The van der Waals surface area contributed by atoms with Crippen molar-refractivity contribution in [2.24, 2.45) is 0 Å². The molecule has 5 heteroatoms. The topological polar surface area (TPSA) is 21.3 Å². The summed E-state index contributed by atoms with van der Waals surface area (Å²) in [5.41, 5.74) is 0. The van der Waals surface area contributed by atoms with Gasteiger partial charge in [-0.05, 0) is 0 Å². The Hall–Kier alpha value is -0.290. The molecule has 0 aromatic heterocycles. The molecule has 1 rings (SSSR count). The second-order valence-electron chi connectivity index (χ2n) is 1.75. The molecule has 2 nitrogen and oxygen atoms in total. The Morgan fingerprint density at radius 3 is 2.33 bits per heavy atom. The van der Waals surface area contributed by atoms with E-state index in [4.69, 9.17) is 0 Å². The Kier molecular flexibility index (Phi) is 1.63. The number of ether oxygens (including phenoxy) is 1. The molecule has 0 aromatic carbocycles. The van der Waals surface area contributed by atoms with E-state index >= 15 is 0 Å². The van der Waals surface area contributed by atoms with Crippen molar-refractivity contribution < 1.29 is 17.9 Å². The van der Waals surface area contributed by atoms with Gasteiger partial charge in [0.1, 0.15) is 0 Å². The fraction of sp³-hybridized carbons (Fsp3) is 1.00. The highest BCUT2D eigenvalue weighted by Crippen LogP contribution is 2.22. The lowest BCUT2D eigenvalue weighted by molar-refractivity contribution is -0.212. The summed E-state index contributed by atoms with van der Waals surface area (Å²) in [6, 6.07) is 0. The molecule has 1 aliphatic rings. The minimum absolute atomic E-state index is 0.143. The molecule has 54 valence electrons. The van der Waals surface area contributed by atoms with Gasteiger partial charge in [-0.15, -0.1) is 0 Å². The first-order chi connectivity index (χ1) is 4.11. The molecule has 9 heavy (non-hydrogen) atoms. The lowest BCUT2D eigenvalue weighted by Crippen LogP contribution is -2.38. The molecule has 1 aliphatic heterocycles. The van der Waals surface area contributed by atoms with Crippen LogP contribution in [0.1, 0.15) is 0 Å². The van der Waals surface area contributed by atoms with Crippen LogP contribution in [0, 0.1) is 0 Å². The Morgan fingerprint density at radius 1 is 1.44 bits per heavy atom. The van der Waals surface area contributed by atoms with Crippen molar-refractivity contribution in [2.75, 3.05) is 13.2 Å². The minimum atomic E-state index is -4.25. The van der Waals surface area contributed by atoms with Crippen molar-refractivity contribution >= 4 is 0 Å². The summed E-state index contributed by atoms with van der Waals surface area (Å²) in [5, 5.41) is 2.15. The normalized spacial score (nSPS) is 29.0. The second kappa shape index (κ2) is 2.15. The van der Waals surface area contributed by atoms with E-state index in [0.29, 0.717) is 0 Å². The van der Waals surface area contributed by atoms with Crippen LogP contribution in [-0.4, -0.2) is 25.6 Å². The zero-order chi connectivity index (χ0) is 6.91. The van der Waals surface area contributed by atoms with E-state index in [1.807, 2.05) is 0 Å². The molecule has 0 spiro atoms. The lowest BCUT2D eigenvalue weighted by atomic mass is 10.6. The molecule has 1 N–H and O–H groups in total. The Bertz CT molecular complexity index is 96.5. The van der Waals surface area contributed by atoms with Gasteiger partial charge in [0.05, 0.1) is 6.61 Å². The molecule has 1 saturated heterocycles. The van der Waals surface area contributed by atoms with Gasteiger partial charge in [0.15, 0.2) is 0 Å². The smallest absolute Gasteiger partial charge is 0.353 e. The molecular weight excluding hydrogens is 135 g/mol. The van der Waals surface area contributed by atoms with Crippen LogP contribution >= 0.6 is 0 Å². The van der Waals surface area contributed by atoms with Gasteiger partial charge in [-0.3, -0.25) is 5.32 Å². The largest absolute Gasteiger partial charge is 0.428 e. The van der Waals surface area contributed by atoms with Gasteiger partial charge >= 0.3 is 6.18 Å². The summed E-state index contributed by atoms with van der Waals surface area (Å²) < 4.78 is 39.0. The first kappa shape index (κ1) is 6.82. The number of rotatable bonds is 0. The maximum atomic E-state index is 11.6. The predicted octanol–water partition coefficient (Wildman–Crippen LogP) is 0.495. The summed E-state index contributed by atoms with van der Waals surface area (Å²) in [4.78, 5) is 0. The van der Waals surface area contributed by atoms with Crippen LogP contribution < -0.4 is 5.32 Å². The molecule has 0 saturated carbocycles. The number of halogens is 3. The van der Waals surface area contributed by atoms with Crippen molar-refractivity contribution in [1.82, 2.24) is 5.32 Å². The van der Waals surface area contributed by atoms with Crippen molar-refractivity contribution in [2.45, 2.75) is 12.4 Å². The van der Waals surface area contributed by atoms with Crippen LogP contribution in [0.15, 0.2) is 0 Å². The highest BCUT2D eigenvalue weighted by atomic mass is 19.4. The predicted molar refractivity (Wildman–Crippen MR) is 23.8 cm³/mol. The fourth-order valence-electron chi connectivity index (χ4n) is 0.636. The Balaban J connectivity index is 2.42. The van der Waals surface area contributed by atoms with Gasteiger partial charge in [0.2, 0.25) is 6.23 Å². The number of alkyl halides is 3. The minimum Gasteiger partial charge on any atom is -0.353 e. The molecule has 1 heterocycles. The van der Waals surface area contributed by atoms with Gasteiger partial charge in [-0.1, -0.05) is 0 Å². The number of hydrogen-bond acceptors (Lipinski definition) is 2. The zero-order valence-electron chi connectivity index (χ0n) is 4.53. The third kappa shape index (κ3) is 1.56. The summed E-state index contributed by atoms with van der Waals surface area (Å²) in [5.74, 6) is 0. The molecular formula is C4H6F3NO. The van der Waals surface area contributed by atoms with Crippen molar-refractivity contribution in [1.29, 1.82) is 0 Å². The van der Waals surface area contributed by atoms with Crippen LogP contribution in [-0.2, 0) is 4.74 Å². The molecule has 1 fully saturated rings. The van der Waals surface area contributed by atoms with Gasteiger partial charge < -0.3 is 4.74 Å². The summed E-state index contributed by atoms with van der Waals surface area (Å²) in [7, 11) is 0. The molecule has 0 aliphatic carbocycles. The zero-order valence-corrected chi connectivity index (χ0v) is 4.53. The van der Waals surface area contributed by atoms with Crippen LogP contribution in [0.25, 0.3) is 0 Å². The summed E-state index contributed by atoms with van der Waals surface area (Å²) >= 11 is 0. The van der Waals surface area contributed by atoms with E-state index in [2.05, 4.69) is 10.1 Å². The molecule has 1 atom stereocenters. The number of nitrogens with one attached hydrogen (secondary N) is 1. The quantitative estimate of drug-likeness (QED) is 0.530. The van der Waals surface area contributed by atoms with Crippen molar-refractivity contribution in [3.8, 4) is 0 Å². The van der Waals surface area contributed by atoms with E-state index in [-0.39, 0.29) is 13.2 Å². The Labute approximate surface area is 50.0 Å². The summed E-state index contributed by atoms with van der Waals surface area (Å²) in [6.07, 6.45) is -5.99. The fourth-order valence-corrected chi connectivity index (χ4v) is 0.636. The van der Waals surface area contributed by atoms with Gasteiger partial charge in [0, 0.05) is 6.54 Å². The van der Waals surface area contributed by atoms with Crippen LogP contribution in [0.2, 0.25) is 0 Å². The van der Waals surface area contributed by atoms with Gasteiger partial charge in [0.25, 0.3) is 0 Å². The third-order valence-electron chi connectivity index (χ3n) is 1.01. The molecule has 0 unspecified atom stereocenters. The van der Waals surface area contributed by atoms with Crippen molar-refractivity contribution in [3.05, 3.63) is 0 Å². The van der Waals surface area contributed by atoms with Gasteiger partial charge in [-0.25, -0.2) is 0 Å². The first-order valence-electron chi connectivity index (χ1n) is 2.52. The monoisotopic (exact) mass is 141 g/mol. The van der Waals surface area contributed by atoms with E-state index in [1.165, 1.54) is 0 Å². The second-order valence-corrected chi connectivity index (χ2v) is 1.75. The first-order valence-corrected chi connectivity index (χ1v) is 2.52. The van der Waals surface area contributed by atoms with Crippen LogP contribution in [0.3, 0.4) is 0 Å². The maximum Gasteiger partial charge on any atom is 0.428 e. The number of hydrogen-bond donors (Lipinski definition) is 1. The molecule has 0 aromatic rings. The molecule has 0 radical (unpaired) electrons. The highest BCUT2D eigenvalue weighted by Gasteiger charge is 2.42. The van der Waals surface area contributed by atoms with E-state index in [9.17, 15) is 13.2 Å². The Morgan fingerprint density at radius 2 is 2.11 bits per heavy atom. The van der Waals surface area contributed by atoms with E-state index in [0.717, 1.165) is 0 Å². The van der Waals surface area contributed by atoms with Crippen LogP contribution in [0.5, 0.6) is 0 Å². The third-order valence-corrected chi connectivity index (χ3v) is 1.01. The summed E-state index contributed by atoms with van der Waals surface area (Å²) in [6.45, 7) is 0.425. The average molecular weight is 141 g/mol. The SMILES string of the molecule is FC(F)(F)[C@@H]1NCCO1. The van der Waals surface area contributed by atoms with E-state index < -0.39 is 12.4 Å². The van der Waals surface area contributed by atoms with Gasteiger partial charge in [-0.2, -0.15) is 13.2 Å². The molecule has 0 amide bonds. The lowest BCUT2D eigenvalue weighted by Gasteiger charge is -2.12. The van der Waals surface area contributed by atoms with Crippen LogP contribution in [0.4, 0.5) is 13.2 Å². The van der Waals surface area contributed by atoms with E-state index in [1.54, 1.807) is 0 Å². The highest BCUT2D eigenvalue weighted by molar-refractivity contribution is 4.69. The average Bonchev–Trinajstić information content (AvgIpc) is 2.08. The standard InChI is InChI=1S/C4H6F3NO/c5-4(6,7)3-8-1-2-9-3/h3,8H,1-2H2/t3-/m1/s1. The van der Waals surface area contributed by atoms with Crippen molar-refractivity contribution in [3.63, 3.8) is 0 Å². The maximum absolute atomic E-state index is 11.6.